The molecule has 0 aliphatic heterocycles. The number of aliphatic hydroxyl groups excluding tert-OH is 3. The standard InChI is InChI=1S/C26H42O4S/c1-15(31-11-10-24(2,3)30)23-21(28)14-20-18-7-6-16-12-17(27)13-22(29)26(16,5)19(18)8-9-25(20,23)4/h6-7,15,17,19-23,27-30H,8-14H2,1-5H3/t15-,17-,19+,20+,21-,22+,23+,25+,26+/m1/s1. The highest BCUT2D eigenvalue weighted by molar-refractivity contribution is 7.99. The predicted octanol–water partition coefficient (Wildman–Crippen LogP) is 4.07. The first-order valence-corrected chi connectivity index (χ1v) is 13.2. The molecule has 5 heteroatoms. The van der Waals surface area contributed by atoms with Crippen molar-refractivity contribution in [2.75, 3.05) is 5.75 Å². The molecule has 0 aromatic rings. The van der Waals surface area contributed by atoms with E-state index in [1.807, 2.05) is 25.6 Å². The van der Waals surface area contributed by atoms with Crippen LogP contribution >= 0.6 is 11.8 Å². The first-order chi connectivity index (χ1) is 14.4. The van der Waals surface area contributed by atoms with E-state index in [-0.39, 0.29) is 22.9 Å². The fourth-order valence-corrected chi connectivity index (χ4v) is 9.24. The summed E-state index contributed by atoms with van der Waals surface area (Å²) in [4.78, 5) is 0. The summed E-state index contributed by atoms with van der Waals surface area (Å²) in [6.07, 6.45) is 7.95. The van der Waals surface area contributed by atoms with E-state index in [1.165, 1.54) is 11.1 Å². The van der Waals surface area contributed by atoms with E-state index >= 15 is 0 Å². The lowest BCUT2D eigenvalue weighted by atomic mass is 9.49. The number of hydrogen-bond donors (Lipinski definition) is 4. The lowest BCUT2D eigenvalue weighted by molar-refractivity contribution is -0.0534. The zero-order chi connectivity index (χ0) is 22.8. The summed E-state index contributed by atoms with van der Waals surface area (Å²) in [5, 5.41) is 42.8. The minimum atomic E-state index is -0.647. The van der Waals surface area contributed by atoms with Crippen LogP contribution in [0.15, 0.2) is 23.3 Å². The van der Waals surface area contributed by atoms with Crippen LogP contribution in [0.3, 0.4) is 0 Å². The molecule has 0 unspecified atom stereocenters. The molecule has 3 saturated carbocycles. The van der Waals surface area contributed by atoms with Crippen LogP contribution in [-0.2, 0) is 0 Å². The largest absolute Gasteiger partial charge is 0.393 e. The van der Waals surface area contributed by atoms with Gasteiger partial charge in [-0.05, 0) is 69.0 Å². The maximum atomic E-state index is 11.2. The van der Waals surface area contributed by atoms with Gasteiger partial charge in [-0.1, -0.05) is 44.1 Å². The molecule has 4 rings (SSSR count). The molecule has 4 N–H and O–H groups in total. The molecule has 31 heavy (non-hydrogen) atoms. The van der Waals surface area contributed by atoms with Crippen molar-refractivity contribution in [3.8, 4) is 0 Å². The summed E-state index contributed by atoms with van der Waals surface area (Å²) < 4.78 is 0. The minimum Gasteiger partial charge on any atom is -0.393 e. The molecule has 0 saturated heterocycles. The lowest BCUT2D eigenvalue weighted by Crippen LogP contribution is -2.52. The van der Waals surface area contributed by atoms with E-state index in [4.69, 9.17) is 0 Å². The van der Waals surface area contributed by atoms with Crippen LogP contribution in [0.5, 0.6) is 0 Å². The normalized spacial score (nSPS) is 45.8. The molecule has 3 fully saturated rings. The van der Waals surface area contributed by atoms with E-state index in [1.54, 1.807) is 0 Å². The van der Waals surface area contributed by atoms with Crippen LogP contribution in [0.1, 0.15) is 73.1 Å². The van der Waals surface area contributed by atoms with E-state index in [2.05, 4.69) is 32.9 Å². The summed E-state index contributed by atoms with van der Waals surface area (Å²) in [5.74, 6) is 1.79. The molecule has 4 nitrogen and oxygen atoms in total. The average molecular weight is 451 g/mol. The van der Waals surface area contributed by atoms with Gasteiger partial charge in [0.15, 0.2) is 0 Å². The Kier molecular flexibility index (Phi) is 6.27. The van der Waals surface area contributed by atoms with Gasteiger partial charge >= 0.3 is 0 Å². The Labute approximate surface area is 192 Å². The SMILES string of the molecule is C[C@@H](SCCC(C)(C)O)[C@H]1[C@H](O)C[C@H]2C3=CC=C4C[C@@H](O)C[C@H](O)[C@]4(C)[C@H]3CC[C@]12C. The van der Waals surface area contributed by atoms with E-state index < -0.39 is 17.8 Å². The third-order valence-electron chi connectivity index (χ3n) is 9.36. The number of allylic oxidation sites excluding steroid dienone is 3. The Morgan fingerprint density at radius 2 is 1.84 bits per heavy atom. The highest BCUT2D eigenvalue weighted by Crippen LogP contribution is 2.66. The van der Waals surface area contributed by atoms with Gasteiger partial charge in [-0.2, -0.15) is 11.8 Å². The van der Waals surface area contributed by atoms with Gasteiger partial charge in [0.1, 0.15) is 0 Å². The van der Waals surface area contributed by atoms with Crippen molar-refractivity contribution in [2.24, 2.45) is 28.6 Å². The zero-order valence-electron chi connectivity index (χ0n) is 19.8. The summed E-state index contributed by atoms with van der Waals surface area (Å²) in [5.41, 5.74) is 1.74. The lowest BCUT2D eigenvalue weighted by Gasteiger charge is -2.56. The molecule has 0 aromatic heterocycles. The molecule has 0 heterocycles. The van der Waals surface area contributed by atoms with Gasteiger partial charge in [0.25, 0.3) is 0 Å². The van der Waals surface area contributed by atoms with Crippen molar-refractivity contribution < 1.29 is 20.4 Å². The van der Waals surface area contributed by atoms with E-state index in [9.17, 15) is 20.4 Å². The van der Waals surface area contributed by atoms with Crippen molar-refractivity contribution in [1.82, 2.24) is 0 Å². The first-order valence-electron chi connectivity index (χ1n) is 12.2. The molecule has 0 amide bonds. The summed E-state index contributed by atoms with van der Waals surface area (Å²) in [7, 11) is 0. The van der Waals surface area contributed by atoms with Crippen LogP contribution in [0.2, 0.25) is 0 Å². The van der Waals surface area contributed by atoms with Crippen LogP contribution in [0.25, 0.3) is 0 Å². The highest BCUT2D eigenvalue weighted by Gasteiger charge is 2.61. The number of fused-ring (bicyclic) bond motifs is 5. The monoisotopic (exact) mass is 450 g/mol. The first kappa shape index (κ1) is 23.8. The Morgan fingerprint density at radius 1 is 1.13 bits per heavy atom. The molecule has 0 aromatic carbocycles. The third-order valence-corrected chi connectivity index (χ3v) is 10.6. The van der Waals surface area contributed by atoms with Gasteiger partial charge < -0.3 is 20.4 Å². The third kappa shape index (κ3) is 3.97. The maximum absolute atomic E-state index is 11.2. The molecule has 176 valence electrons. The smallest absolute Gasteiger partial charge is 0.0661 e. The van der Waals surface area contributed by atoms with Crippen molar-refractivity contribution >= 4 is 11.8 Å². The van der Waals surface area contributed by atoms with Crippen LogP contribution in [-0.4, -0.2) is 55.3 Å². The highest BCUT2D eigenvalue weighted by atomic mass is 32.2. The topological polar surface area (TPSA) is 80.9 Å². The van der Waals surface area contributed by atoms with Gasteiger partial charge in [-0.25, -0.2) is 0 Å². The fraction of sp³-hybridized carbons (Fsp3) is 0.846. The van der Waals surface area contributed by atoms with Crippen LogP contribution in [0.4, 0.5) is 0 Å². The van der Waals surface area contributed by atoms with Gasteiger partial charge in [-0.3, -0.25) is 0 Å². The van der Waals surface area contributed by atoms with Crippen molar-refractivity contribution in [2.45, 2.75) is 102 Å². The van der Waals surface area contributed by atoms with Gasteiger partial charge in [-0.15, -0.1) is 0 Å². The fourth-order valence-electron chi connectivity index (χ4n) is 7.55. The zero-order valence-corrected chi connectivity index (χ0v) is 20.7. The molecule has 4 aliphatic carbocycles. The molecule has 9 atom stereocenters. The number of hydrogen-bond acceptors (Lipinski definition) is 5. The second kappa shape index (κ2) is 8.16. The number of rotatable bonds is 5. The Morgan fingerprint density at radius 3 is 2.52 bits per heavy atom. The van der Waals surface area contributed by atoms with Crippen LogP contribution < -0.4 is 0 Å². The minimum absolute atomic E-state index is 0.0593. The second-order valence-corrected chi connectivity index (χ2v) is 13.4. The molecular formula is C26H42O4S. The maximum Gasteiger partial charge on any atom is 0.0661 e. The van der Waals surface area contributed by atoms with Crippen molar-refractivity contribution in [1.29, 1.82) is 0 Å². The van der Waals surface area contributed by atoms with Crippen molar-refractivity contribution in [3.05, 3.63) is 23.3 Å². The van der Waals surface area contributed by atoms with Gasteiger partial charge in [0.2, 0.25) is 0 Å². The summed E-state index contributed by atoms with van der Waals surface area (Å²) in [6.45, 7) is 10.6. The number of thioether (sulfide) groups is 1. The van der Waals surface area contributed by atoms with Crippen molar-refractivity contribution in [3.63, 3.8) is 0 Å². The summed E-state index contributed by atoms with van der Waals surface area (Å²) >= 11 is 1.89. The van der Waals surface area contributed by atoms with Gasteiger partial charge in [0, 0.05) is 23.0 Å². The summed E-state index contributed by atoms with van der Waals surface area (Å²) in [6, 6.07) is 0. The van der Waals surface area contributed by atoms with E-state index in [0.717, 1.165) is 31.4 Å². The molecule has 4 aliphatic rings. The molecule has 0 bridgehead atoms. The Balaban J connectivity index is 1.57. The Hall–Kier alpha value is -0.330. The van der Waals surface area contributed by atoms with Crippen LogP contribution in [0, 0.1) is 28.6 Å². The predicted molar refractivity (Wildman–Crippen MR) is 127 cm³/mol. The van der Waals surface area contributed by atoms with E-state index in [0.29, 0.717) is 29.9 Å². The van der Waals surface area contributed by atoms with Gasteiger partial charge in [0.05, 0.1) is 23.9 Å². The molecule has 0 radical (unpaired) electrons. The molecular weight excluding hydrogens is 408 g/mol. The average Bonchev–Trinajstić information content (AvgIpc) is 2.92. The second-order valence-electron chi connectivity index (χ2n) is 11.9. The Bertz CT molecular complexity index is 755. The molecule has 0 spiro atoms. The quantitative estimate of drug-likeness (QED) is 0.508. The number of aliphatic hydroxyl groups is 4.